The highest BCUT2D eigenvalue weighted by atomic mass is 35.5. The smallest absolute Gasteiger partial charge is 0.152 e. The van der Waals surface area contributed by atoms with Crippen LogP contribution in [-0.2, 0) is 0 Å². The van der Waals surface area contributed by atoms with E-state index in [1.54, 1.807) is 0 Å². The van der Waals surface area contributed by atoms with Crippen molar-refractivity contribution in [3.63, 3.8) is 0 Å². The molecule has 44 valence electrons. The van der Waals surface area contributed by atoms with Gasteiger partial charge in [0.1, 0.15) is 0 Å². The number of aliphatic hydroxyl groups is 2. The van der Waals surface area contributed by atoms with E-state index < -0.39 is 6.29 Å². The summed E-state index contributed by atoms with van der Waals surface area (Å²) in [6.45, 7) is 0.416. The summed E-state index contributed by atoms with van der Waals surface area (Å²) in [4.78, 5) is 2.25. The summed E-state index contributed by atoms with van der Waals surface area (Å²) >= 11 is 4.97. The van der Waals surface area contributed by atoms with Gasteiger partial charge in [0.15, 0.2) is 6.29 Å². The summed E-state index contributed by atoms with van der Waals surface area (Å²) in [5.74, 6) is 0. The van der Waals surface area contributed by atoms with Gasteiger partial charge in [-0.25, -0.2) is 4.84 Å². The monoisotopic (exact) mass is 125 g/mol. The molecule has 7 heavy (non-hydrogen) atoms. The maximum atomic E-state index is 8.14. The van der Waals surface area contributed by atoms with Gasteiger partial charge >= 0.3 is 0 Å². The Kier molecular flexibility index (Phi) is 4.44. The molecule has 0 heterocycles. The van der Waals surface area contributed by atoms with Crippen molar-refractivity contribution < 1.29 is 10.2 Å². The standard InChI is InChI=1S/C3H8ClNO2/c4-5-2-1-3(6)7/h3,5-7H,1-2H2. The molecule has 0 aliphatic carbocycles. The van der Waals surface area contributed by atoms with Crippen LogP contribution in [0.2, 0.25) is 0 Å². The van der Waals surface area contributed by atoms with Crippen molar-refractivity contribution in [2.24, 2.45) is 0 Å². The fraction of sp³-hybridized carbons (Fsp3) is 1.00. The lowest BCUT2D eigenvalue weighted by atomic mass is 10.4. The normalized spacial score (nSPS) is 10.3. The van der Waals surface area contributed by atoms with Crippen LogP contribution < -0.4 is 4.84 Å². The molecule has 3 N–H and O–H groups in total. The van der Waals surface area contributed by atoms with Crippen LogP contribution in [0.5, 0.6) is 0 Å². The van der Waals surface area contributed by atoms with Gasteiger partial charge < -0.3 is 10.2 Å². The first-order chi connectivity index (χ1) is 3.27. The molecule has 0 fully saturated rings. The number of halogens is 1. The number of hydrogen-bond acceptors (Lipinski definition) is 3. The predicted molar refractivity (Wildman–Crippen MR) is 26.7 cm³/mol. The molecule has 0 bridgehead atoms. The number of hydrogen-bond donors (Lipinski definition) is 3. The minimum absolute atomic E-state index is 0.267. The Morgan fingerprint density at radius 2 is 2.14 bits per heavy atom. The van der Waals surface area contributed by atoms with Gasteiger partial charge in [-0.05, 0) is 11.8 Å². The molecule has 0 rings (SSSR count). The number of aliphatic hydroxyl groups excluding tert-OH is 1. The zero-order chi connectivity index (χ0) is 5.70. The summed E-state index contributed by atoms with van der Waals surface area (Å²) in [7, 11) is 0. The van der Waals surface area contributed by atoms with Crippen molar-refractivity contribution >= 4 is 11.8 Å². The first kappa shape index (κ1) is 7.17. The van der Waals surface area contributed by atoms with E-state index in [1.807, 2.05) is 0 Å². The third-order valence-electron chi connectivity index (χ3n) is 0.497. The average molecular weight is 126 g/mol. The third-order valence-corrected chi connectivity index (χ3v) is 0.686. The van der Waals surface area contributed by atoms with Crippen LogP contribution in [0.3, 0.4) is 0 Å². The maximum Gasteiger partial charge on any atom is 0.152 e. The lowest BCUT2D eigenvalue weighted by molar-refractivity contribution is -0.0435. The Balaban J connectivity index is 2.68. The van der Waals surface area contributed by atoms with E-state index in [0.29, 0.717) is 6.54 Å². The van der Waals surface area contributed by atoms with E-state index >= 15 is 0 Å². The first-order valence-corrected chi connectivity index (χ1v) is 2.35. The van der Waals surface area contributed by atoms with Gasteiger partial charge in [-0.15, -0.1) is 0 Å². The number of rotatable bonds is 3. The van der Waals surface area contributed by atoms with Gasteiger partial charge in [0.2, 0.25) is 0 Å². The molecule has 0 atom stereocenters. The second-order valence-corrected chi connectivity index (χ2v) is 1.42. The Hall–Kier alpha value is 0.170. The van der Waals surface area contributed by atoms with Gasteiger partial charge in [-0.3, -0.25) is 0 Å². The topological polar surface area (TPSA) is 52.5 Å². The second-order valence-electron chi connectivity index (χ2n) is 1.15. The van der Waals surface area contributed by atoms with Crippen molar-refractivity contribution in [1.82, 2.24) is 4.84 Å². The summed E-state index contributed by atoms with van der Waals surface area (Å²) in [6, 6.07) is 0. The predicted octanol–water partition coefficient (Wildman–Crippen LogP) is -0.569. The SMILES string of the molecule is OC(O)CCNCl. The van der Waals surface area contributed by atoms with Crippen LogP contribution in [-0.4, -0.2) is 23.0 Å². The second kappa shape index (κ2) is 4.33. The Bertz CT molecular complexity index is 41.9. The molecule has 0 aromatic heterocycles. The largest absolute Gasteiger partial charge is 0.368 e. The fourth-order valence-corrected chi connectivity index (χ4v) is 0.293. The fourth-order valence-electron chi connectivity index (χ4n) is 0.184. The van der Waals surface area contributed by atoms with Gasteiger partial charge in [-0.2, -0.15) is 0 Å². The van der Waals surface area contributed by atoms with Crippen molar-refractivity contribution in [2.75, 3.05) is 6.54 Å². The highest BCUT2D eigenvalue weighted by Gasteiger charge is 1.92. The summed E-state index contributed by atoms with van der Waals surface area (Å²) < 4.78 is 0. The van der Waals surface area contributed by atoms with Crippen LogP contribution in [0, 0.1) is 0 Å². The quantitative estimate of drug-likeness (QED) is 0.350. The summed E-state index contributed by atoms with van der Waals surface area (Å²) in [6.07, 6.45) is -0.977. The first-order valence-electron chi connectivity index (χ1n) is 1.97. The Labute approximate surface area is 47.0 Å². The van der Waals surface area contributed by atoms with Crippen LogP contribution in [0.1, 0.15) is 6.42 Å². The Morgan fingerprint density at radius 3 is 2.29 bits per heavy atom. The van der Waals surface area contributed by atoms with Crippen LogP contribution in [0.25, 0.3) is 0 Å². The molecule has 0 aliphatic heterocycles. The molecule has 0 unspecified atom stereocenters. The lowest BCUT2D eigenvalue weighted by Crippen LogP contribution is -2.12. The zero-order valence-electron chi connectivity index (χ0n) is 3.76. The lowest BCUT2D eigenvalue weighted by Gasteiger charge is -1.97. The zero-order valence-corrected chi connectivity index (χ0v) is 4.52. The van der Waals surface area contributed by atoms with E-state index in [9.17, 15) is 0 Å². The van der Waals surface area contributed by atoms with Crippen LogP contribution in [0.15, 0.2) is 0 Å². The van der Waals surface area contributed by atoms with E-state index in [2.05, 4.69) is 4.84 Å². The van der Waals surface area contributed by atoms with Crippen molar-refractivity contribution in [2.45, 2.75) is 12.7 Å². The highest BCUT2D eigenvalue weighted by molar-refractivity contribution is 6.13. The molecule has 0 radical (unpaired) electrons. The van der Waals surface area contributed by atoms with Crippen LogP contribution in [0.4, 0.5) is 0 Å². The third kappa shape index (κ3) is 6.17. The molecular weight excluding hydrogens is 117 g/mol. The van der Waals surface area contributed by atoms with Crippen molar-refractivity contribution in [1.29, 1.82) is 0 Å². The summed E-state index contributed by atoms with van der Waals surface area (Å²) in [5, 5.41) is 16.3. The van der Waals surface area contributed by atoms with Crippen molar-refractivity contribution in [3.8, 4) is 0 Å². The molecular formula is C3H8ClNO2. The molecule has 0 aromatic carbocycles. The average Bonchev–Trinajstić information content (AvgIpc) is 1.61. The maximum absolute atomic E-state index is 8.14. The molecule has 0 aromatic rings. The van der Waals surface area contributed by atoms with Gasteiger partial charge in [0.05, 0.1) is 0 Å². The van der Waals surface area contributed by atoms with Gasteiger partial charge in [0, 0.05) is 13.0 Å². The van der Waals surface area contributed by atoms with E-state index in [4.69, 9.17) is 22.0 Å². The molecule has 0 amide bonds. The summed E-state index contributed by atoms with van der Waals surface area (Å²) in [5.41, 5.74) is 0. The molecule has 4 heteroatoms. The van der Waals surface area contributed by atoms with E-state index in [1.165, 1.54) is 0 Å². The molecule has 0 saturated carbocycles. The van der Waals surface area contributed by atoms with Gasteiger partial charge in [0.25, 0.3) is 0 Å². The molecule has 3 nitrogen and oxygen atoms in total. The molecule has 0 spiro atoms. The van der Waals surface area contributed by atoms with E-state index in [0.717, 1.165) is 0 Å². The molecule has 0 saturated heterocycles. The van der Waals surface area contributed by atoms with Crippen molar-refractivity contribution in [3.05, 3.63) is 0 Å². The Morgan fingerprint density at radius 1 is 1.57 bits per heavy atom. The minimum atomic E-state index is -1.24. The number of nitrogens with one attached hydrogen (secondary N) is 1. The minimum Gasteiger partial charge on any atom is -0.368 e. The highest BCUT2D eigenvalue weighted by Crippen LogP contribution is 1.81. The van der Waals surface area contributed by atoms with Gasteiger partial charge in [-0.1, -0.05) is 0 Å². The van der Waals surface area contributed by atoms with Crippen LogP contribution >= 0.6 is 11.8 Å². The molecule has 0 aliphatic rings. The van der Waals surface area contributed by atoms with E-state index in [-0.39, 0.29) is 6.42 Å².